The Kier molecular flexibility index (Phi) is 14.5. The van der Waals surface area contributed by atoms with Gasteiger partial charge in [-0.3, -0.25) is 19.2 Å². The molecule has 0 spiro atoms. The monoisotopic (exact) mass is 704 g/mol. The molecular weight excluding hydrogens is 640 g/mol. The molecule has 0 aromatic heterocycles. The Labute approximate surface area is 299 Å². The molecule has 50 heavy (non-hydrogen) atoms. The molecule has 0 aromatic rings. The fraction of sp³-hybridized carbons (Fsp3) is 0.800. The highest BCUT2D eigenvalue weighted by Gasteiger charge is 2.87. The van der Waals surface area contributed by atoms with E-state index in [1.54, 1.807) is 26.0 Å². The number of ether oxygens (including phenoxy) is 2. The maximum absolute atomic E-state index is 13.3. The first kappa shape index (κ1) is 41.9. The lowest BCUT2D eigenvalue weighted by atomic mass is 9.59. The average molecular weight is 705 g/mol. The number of rotatable bonds is 17. The largest absolute Gasteiger partial charge is 0.481 e. The van der Waals surface area contributed by atoms with E-state index in [9.17, 15) is 34.5 Å². The third kappa shape index (κ3) is 8.23. The highest BCUT2D eigenvalue weighted by molar-refractivity contribution is 6.04. The Bertz CT molecular complexity index is 1280. The molecular formula is C40H64O10. The maximum Gasteiger partial charge on any atom is 0.306 e. The molecule has 4 aliphatic carbocycles. The summed E-state index contributed by atoms with van der Waals surface area (Å²) in [6.45, 7) is 12.3. The van der Waals surface area contributed by atoms with Gasteiger partial charge in [-0.2, -0.15) is 0 Å². The molecule has 4 rings (SSSR count). The van der Waals surface area contributed by atoms with Crippen LogP contribution in [0.1, 0.15) is 145 Å². The minimum atomic E-state index is -1.93. The fourth-order valence-corrected chi connectivity index (χ4v) is 9.41. The number of carboxylic acid groups (broad SMARTS) is 1. The lowest BCUT2D eigenvalue weighted by molar-refractivity contribution is -0.228. The van der Waals surface area contributed by atoms with Gasteiger partial charge in [0.1, 0.15) is 11.7 Å². The van der Waals surface area contributed by atoms with Crippen molar-refractivity contribution in [1.29, 1.82) is 0 Å². The van der Waals surface area contributed by atoms with E-state index in [1.807, 2.05) is 20.8 Å². The predicted octanol–water partition coefficient (Wildman–Crippen LogP) is 6.62. The van der Waals surface area contributed by atoms with Crippen LogP contribution in [0.5, 0.6) is 0 Å². The second kappa shape index (κ2) is 17.3. The smallest absolute Gasteiger partial charge is 0.306 e. The van der Waals surface area contributed by atoms with E-state index < -0.39 is 75.7 Å². The fourth-order valence-electron chi connectivity index (χ4n) is 9.41. The van der Waals surface area contributed by atoms with Crippen LogP contribution in [0, 0.1) is 29.1 Å². The van der Waals surface area contributed by atoms with Gasteiger partial charge in [0.2, 0.25) is 0 Å². The zero-order valence-electron chi connectivity index (χ0n) is 31.6. The zero-order valence-corrected chi connectivity index (χ0v) is 31.6. The van der Waals surface area contributed by atoms with E-state index in [1.165, 1.54) is 51.9 Å². The highest BCUT2D eigenvalue weighted by Crippen LogP contribution is 2.77. The summed E-state index contributed by atoms with van der Waals surface area (Å²) in [5.74, 6) is -5.00. The highest BCUT2D eigenvalue weighted by atomic mass is 16.6. The topological polar surface area (TPSA) is 168 Å². The summed E-state index contributed by atoms with van der Waals surface area (Å²) in [4.78, 5) is 48.7. The molecule has 0 heterocycles. The van der Waals surface area contributed by atoms with Gasteiger partial charge >= 0.3 is 17.9 Å². The van der Waals surface area contributed by atoms with Gasteiger partial charge in [0.15, 0.2) is 11.4 Å². The minimum absolute atomic E-state index is 0.108. The number of carbonyl (C=O) groups is 4. The first-order chi connectivity index (χ1) is 23.5. The molecule has 2 saturated carbocycles. The first-order valence-corrected chi connectivity index (χ1v) is 19.1. The molecule has 2 fully saturated rings. The van der Waals surface area contributed by atoms with Gasteiger partial charge in [0.05, 0.1) is 12.2 Å². The number of aliphatic hydroxyl groups excluding tert-OH is 1. The molecule has 0 aromatic carbocycles. The lowest BCUT2D eigenvalue weighted by Gasteiger charge is -2.53. The summed E-state index contributed by atoms with van der Waals surface area (Å²) in [7, 11) is 0. The Hall–Kier alpha value is -2.56. The van der Waals surface area contributed by atoms with Crippen molar-refractivity contribution in [3.8, 4) is 0 Å². The van der Waals surface area contributed by atoms with Crippen LogP contribution >= 0.6 is 0 Å². The normalized spacial score (nSPS) is 33.3. The van der Waals surface area contributed by atoms with Gasteiger partial charge < -0.3 is 29.9 Å². The molecule has 0 unspecified atom stereocenters. The Morgan fingerprint density at radius 1 is 0.880 bits per heavy atom. The van der Waals surface area contributed by atoms with E-state index in [2.05, 4.69) is 6.92 Å². The molecule has 4 N–H and O–H groups in total. The van der Waals surface area contributed by atoms with E-state index in [0.29, 0.717) is 24.0 Å². The molecule has 0 radical (unpaired) electrons. The van der Waals surface area contributed by atoms with Crippen molar-refractivity contribution in [2.24, 2.45) is 29.1 Å². The number of Topliss-reactive ketones (excluding diaryl/α,β-unsaturated/α-hetero) is 1. The second-order valence-electron chi connectivity index (χ2n) is 15.9. The Balaban J connectivity index is 0.00000103. The van der Waals surface area contributed by atoms with Crippen molar-refractivity contribution in [3.05, 3.63) is 23.3 Å². The van der Waals surface area contributed by atoms with E-state index in [4.69, 9.17) is 14.6 Å². The summed E-state index contributed by atoms with van der Waals surface area (Å²) < 4.78 is 12.3. The van der Waals surface area contributed by atoms with Crippen molar-refractivity contribution >= 4 is 23.7 Å². The summed E-state index contributed by atoms with van der Waals surface area (Å²) in [5.41, 5.74) is -4.71. The summed E-state index contributed by atoms with van der Waals surface area (Å²) >= 11 is 0. The van der Waals surface area contributed by atoms with Crippen LogP contribution in [0.3, 0.4) is 0 Å². The first-order valence-electron chi connectivity index (χ1n) is 19.1. The number of carbonyl (C=O) groups excluding carboxylic acids is 3. The Morgan fingerprint density at radius 3 is 1.92 bits per heavy atom. The number of esters is 2. The van der Waals surface area contributed by atoms with Crippen LogP contribution in [0.25, 0.3) is 0 Å². The van der Waals surface area contributed by atoms with Crippen molar-refractivity contribution in [3.63, 3.8) is 0 Å². The summed E-state index contributed by atoms with van der Waals surface area (Å²) in [6.07, 6.45) is 16.4. The van der Waals surface area contributed by atoms with Crippen molar-refractivity contribution in [1.82, 2.24) is 0 Å². The van der Waals surface area contributed by atoms with Gasteiger partial charge in [-0.25, -0.2) is 0 Å². The molecule has 10 heteroatoms. The SMILES string of the molecule is CCCC(=O)O.CCCCCCCCCCCCCC(=O)O[C@@H]1[C@@H](C)[C@@]2(O)[C@@H](C=C(CO)C[C@]3(O)C(=O)C(C)=C[C@@H]23)[C@@H]2C(C)(C)[C@]12OC(C)=O. The van der Waals surface area contributed by atoms with Gasteiger partial charge in [-0.1, -0.05) is 111 Å². The van der Waals surface area contributed by atoms with Crippen molar-refractivity contribution in [2.45, 2.75) is 168 Å². The third-order valence-corrected chi connectivity index (χ3v) is 12.0. The maximum atomic E-state index is 13.3. The van der Waals surface area contributed by atoms with Gasteiger partial charge in [-0.15, -0.1) is 0 Å². The minimum Gasteiger partial charge on any atom is -0.481 e. The Morgan fingerprint density at radius 2 is 1.44 bits per heavy atom. The number of ketones is 1. The molecule has 8 atom stereocenters. The van der Waals surface area contributed by atoms with Crippen LogP contribution < -0.4 is 0 Å². The second-order valence-corrected chi connectivity index (χ2v) is 15.9. The molecule has 0 saturated heterocycles. The standard InChI is InChI=1S/C36H56O8.C4H8O2/c1-7-8-9-10-11-12-13-14-15-16-17-18-29(39)43-32-24(3)35(42)27(30-33(5,6)36(30,32)44-25(4)38)20-26(22-37)21-34(41)28(35)19-23(2)31(34)40;1-2-3-4(5)6/h19-20,24,27-28,30,32,37,41-42H,7-18,21-22H2,1-6H3;2-3H2,1H3,(H,5,6)/t24-,27+,28-,30-,32-,34-,35-,36-;/m1./s1. The molecule has 0 aliphatic heterocycles. The molecule has 0 bridgehead atoms. The number of hydrogen-bond donors (Lipinski definition) is 4. The van der Waals surface area contributed by atoms with Crippen LogP contribution in [0.2, 0.25) is 0 Å². The van der Waals surface area contributed by atoms with Crippen LogP contribution in [0.15, 0.2) is 23.3 Å². The van der Waals surface area contributed by atoms with Crippen molar-refractivity contribution in [2.75, 3.05) is 6.61 Å². The van der Waals surface area contributed by atoms with Crippen LogP contribution in [0.4, 0.5) is 0 Å². The number of aliphatic carboxylic acids is 1. The number of carboxylic acids is 1. The van der Waals surface area contributed by atoms with E-state index in [0.717, 1.165) is 25.7 Å². The molecule has 4 aliphatic rings. The molecule has 284 valence electrons. The van der Waals surface area contributed by atoms with Crippen LogP contribution in [-0.4, -0.2) is 73.6 Å². The van der Waals surface area contributed by atoms with E-state index in [-0.39, 0.29) is 19.4 Å². The predicted molar refractivity (Wildman–Crippen MR) is 190 cm³/mol. The van der Waals surface area contributed by atoms with Gasteiger partial charge in [0, 0.05) is 55.3 Å². The quantitative estimate of drug-likeness (QED) is 0.0734. The third-order valence-electron chi connectivity index (χ3n) is 12.0. The lowest BCUT2D eigenvalue weighted by Crippen LogP contribution is -2.66. The summed E-state index contributed by atoms with van der Waals surface area (Å²) in [5, 5.41) is 42.7. The zero-order chi connectivity index (χ0) is 37.5. The number of aliphatic hydroxyl groups is 3. The van der Waals surface area contributed by atoms with Gasteiger partial charge in [-0.05, 0) is 30.9 Å². The van der Waals surface area contributed by atoms with E-state index >= 15 is 0 Å². The molecule has 10 nitrogen and oxygen atoms in total. The molecule has 0 amide bonds. The average Bonchev–Trinajstić information content (AvgIpc) is 3.46. The van der Waals surface area contributed by atoms with Crippen LogP contribution in [-0.2, 0) is 28.7 Å². The number of fused-ring (bicyclic) bond motifs is 5. The number of hydrogen-bond acceptors (Lipinski definition) is 9. The van der Waals surface area contributed by atoms with Crippen molar-refractivity contribution < 1.29 is 49.1 Å². The summed E-state index contributed by atoms with van der Waals surface area (Å²) in [6, 6.07) is 0. The number of unbranched alkanes of at least 4 members (excludes halogenated alkanes) is 10. The van der Waals surface area contributed by atoms with Gasteiger partial charge in [0.25, 0.3) is 0 Å².